The minimum absolute atomic E-state index is 0.00895. The third-order valence-electron chi connectivity index (χ3n) is 3.98. The number of anilines is 2. The number of nitrogens with zero attached hydrogens (tertiary/aromatic N) is 2. The number of sulfonamides is 1. The van der Waals surface area contributed by atoms with Gasteiger partial charge in [0.05, 0.1) is 23.4 Å². The molecule has 2 aromatic carbocycles. The highest BCUT2D eigenvalue weighted by Crippen LogP contribution is 2.29. The molecule has 0 saturated heterocycles. The standard InChI is InChI=1S/C20H20N4O4S/c1-13-21-10-9-18(22-13)15-5-4-6-16(11-15)24-29(26,27)17-7-8-20(28-3)19(12-17)23-14(2)25/h4-12,24H,1-3H3,(H,23,25). The van der Waals surface area contributed by atoms with Gasteiger partial charge in [0.25, 0.3) is 10.0 Å². The van der Waals surface area contributed by atoms with Crippen molar-refractivity contribution in [1.29, 1.82) is 0 Å². The SMILES string of the molecule is COc1ccc(S(=O)(=O)Nc2cccc(-c3ccnc(C)n3)c2)cc1NC(C)=O. The predicted octanol–water partition coefficient (Wildman–Crippen LogP) is 3.22. The molecule has 0 bridgehead atoms. The molecule has 150 valence electrons. The van der Waals surface area contributed by atoms with Crippen molar-refractivity contribution in [2.75, 3.05) is 17.1 Å². The predicted molar refractivity (Wildman–Crippen MR) is 110 cm³/mol. The number of methoxy groups -OCH3 is 1. The molecule has 0 fully saturated rings. The number of carbonyl (C=O) groups is 1. The zero-order chi connectivity index (χ0) is 21.0. The molecular formula is C20H20N4O4S. The molecule has 29 heavy (non-hydrogen) atoms. The average Bonchev–Trinajstić information content (AvgIpc) is 2.67. The maximum Gasteiger partial charge on any atom is 0.261 e. The number of rotatable bonds is 6. The molecule has 3 rings (SSSR count). The van der Waals surface area contributed by atoms with E-state index in [-0.39, 0.29) is 16.5 Å². The van der Waals surface area contributed by atoms with Crippen LogP contribution in [-0.2, 0) is 14.8 Å². The van der Waals surface area contributed by atoms with E-state index in [1.165, 1.54) is 32.2 Å². The third-order valence-corrected chi connectivity index (χ3v) is 5.36. The number of benzene rings is 2. The van der Waals surface area contributed by atoms with E-state index in [9.17, 15) is 13.2 Å². The molecule has 2 N–H and O–H groups in total. The van der Waals surface area contributed by atoms with Gasteiger partial charge in [-0.2, -0.15) is 0 Å². The van der Waals surface area contributed by atoms with Crippen molar-refractivity contribution < 1.29 is 17.9 Å². The summed E-state index contributed by atoms with van der Waals surface area (Å²) in [4.78, 5) is 19.8. The van der Waals surface area contributed by atoms with Gasteiger partial charge < -0.3 is 10.1 Å². The average molecular weight is 412 g/mol. The van der Waals surface area contributed by atoms with Crippen LogP contribution in [0.2, 0.25) is 0 Å². The summed E-state index contributed by atoms with van der Waals surface area (Å²) in [5.41, 5.74) is 2.10. The zero-order valence-corrected chi connectivity index (χ0v) is 16.9. The summed E-state index contributed by atoms with van der Waals surface area (Å²) in [5.74, 6) is 0.649. The molecule has 0 unspecified atom stereocenters. The second-order valence-corrected chi connectivity index (χ2v) is 7.90. The van der Waals surface area contributed by atoms with Crippen LogP contribution in [0.1, 0.15) is 12.7 Å². The van der Waals surface area contributed by atoms with Crippen molar-refractivity contribution in [3.05, 3.63) is 60.6 Å². The third kappa shape index (κ3) is 4.88. The van der Waals surface area contributed by atoms with E-state index in [0.717, 1.165) is 5.56 Å². The molecule has 0 radical (unpaired) electrons. The van der Waals surface area contributed by atoms with E-state index in [1.807, 2.05) is 6.07 Å². The van der Waals surface area contributed by atoms with E-state index in [2.05, 4.69) is 20.0 Å². The van der Waals surface area contributed by atoms with Crippen LogP contribution in [-0.4, -0.2) is 31.4 Å². The van der Waals surface area contributed by atoms with Crippen LogP contribution in [0.5, 0.6) is 5.75 Å². The number of hydrogen-bond acceptors (Lipinski definition) is 6. The lowest BCUT2D eigenvalue weighted by atomic mass is 10.1. The molecule has 1 amide bonds. The number of amides is 1. The van der Waals surface area contributed by atoms with Crippen molar-refractivity contribution in [2.24, 2.45) is 0 Å². The first-order chi connectivity index (χ1) is 13.8. The van der Waals surface area contributed by atoms with Crippen molar-refractivity contribution in [3.8, 4) is 17.0 Å². The van der Waals surface area contributed by atoms with Gasteiger partial charge in [0.1, 0.15) is 11.6 Å². The number of aryl methyl sites for hydroxylation is 1. The lowest BCUT2D eigenvalue weighted by molar-refractivity contribution is -0.114. The highest BCUT2D eigenvalue weighted by Gasteiger charge is 2.18. The smallest absolute Gasteiger partial charge is 0.261 e. The Labute approximate surface area is 169 Å². The van der Waals surface area contributed by atoms with Gasteiger partial charge in [-0.15, -0.1) is 0 Å². The Morgan fingerprint density at radius 2 is 1.90 bits per heavy atom. The van der Waals surface area contributed by atoms with Crippen molar-refractivity contribution in [1.82, 2.24) is 9.97 Å². The van der Waals surface area contributed by atoms with Gasteiger partial charge in [-0.3, -0.25) is 9.52 Å². The first-order valence-corrected chi connectivity index (χ1v) is 10.2. The van der Waals surface area contributed by atoms with Gasteiger partial charge >= 0.3 is 0 Å². The van der Waals surface area contributed by atoms with E-state index < -0.39 is 10.0 Å². The fourth-order valence-electron chi connectivity index (χ4n) is 2.71. The molecule has 8 nitrogen and oxygen atoms in total. The van der Waals surface area contributed by atoms with Crippen LogP contribution in [0.25, 0.3) is 11.3 Å². The second-order valence-electron chi connectivity index (χ2n) is 6.22. The minimum atomic E-state index is -3.89. The van der Waals surface area contributed by atoms with E-state index in [4.69, 9.17) is 4.74 Å². The summed E-state index contributed by atoms with van der Waals surface area (Å²) in [6.45, 7) is 3.12. The Balaban J connectivity index is 1.92. The summed E-state index contributed by atoms with van der Waals surface area (Å²) >= 11 is 0. The first kappa shape index (κ1) is 20.3. The number of ether oxygens (including phenoxy) is 1. The number of carbonyl (C=O) groups excluding carboxylic acids is 1. The Bertz CT molecular complexity index is 1160. The summed E-state index contributed by atoms with van der Waals surface area (Å²) in [7, 11) is -2.46. The van der Waals surface area contributed by atoms with Gasteiger partial charge in [-0.05, 0) is 43.3 Å². The van der Waals surface area contributed by atoms with Crippen LogP contribution in [0.3, 0.4) is 0 Å². The minimum Gasteiger partial charge on any atom is -0.495 e. The molecule has 0 atom stereocenters. The highest BCUT2D eigenvalue weighted by molar-refractivity contribution is 7.92. The van der Waals surface area contributed by atoms with Crippen LogP contribution in [0.15, 0.2) is 59.6 Å². The quantitative estimate of drug-likeness (QED) is 0.643. The Morgan fingerprint density at radius 1 is 1.10 bits per heavy atom. The van der Waals surface area contributed by atoms with Gasteiger partial charge in [0, 0.05) is 24.4 Å². The summed E-state index contributed by atoms with van der Waals surface area (Å²) < 4.78 is 33.4. The van der Waals surface area contributed by atoms with E-state index in [1.54, 1.807) is 37.4 Å². The Hall–Kier alpha value is -3.46. The molecule has 1 heterocycles. The molecular weight excluding hydrogens is 392 g/mol. The van der Waals surface area contributed by atoms with Gasteiger partial charge in [0.15, 0.2) is 0 Å². The summed E-state index contributed by atoms with van der Waals surface area (Å²) in [5, 5.41) is 2.57. The molecule has 0 aliphatic carbocycles. The summed E-state index contributed by atoms with van der Waals surface area (Å²) in [6.07, 6.45) is 1.65. The first-order valence-electron chi connectivity index (χ1n) is 8.67. The number of hydrogen-bond donors (Lipinski definition) is 2. The normalized spacial score (nSPS) is 11.0. The van der Waals surface area contributed by atoms with Crippen LogP contribution >= 0.6 is 0 Å². The van der Waals surface area contributed by atoms with Gasteiger partial charge in [-0.25, -0.2) is 18.4 Å². The topological polar surface area (TPSA) is 110 Å². The lowest BCUT2D eigenvalue weighted by Gasteiger charge is -2.13. The molecule has 0 aliphatic heterocycles. The Morgan fingerprint density at radius 3 is 2.59 bits per heavy atom. The van der Waals surface area contributed by atoms with Gasteiger partial charge in [-0.1, -0.05) is 12.1 Å². The molecule has 0 aliphatic rings. The molecule has 0 saturated carbocycles. The van der Waals surface area contributed by atoms with Crippen LogP contribution in [0.4, 0.5) is 11.4 Å². The van der Waals surface area contributed by atoms with E-state index >= 15 is 0 Å². The van der Waals surface area contributed by atoms with Crippen LogP contribution < -0.4 is 14.8 Å². The molecule has 3 aromatic rings. The van der Waals surface area contributed by atoms with Crippen LogP contribution in [0, 0.1) is 6.92 Å². The number of aromatic nitrogens is 2. The Kier molecular flexibility index (Phi) is 5.79. The zero-order valence-electron chi connectivity index (χ0n) is 16.1. The fraction of sp³-hybridized carbons (Fsp3) is 0.150. The van der Waals surface area contributed by atoms with Crippen molar-refractivity contribution in [3.63, 3.8) is 0 Å². The fourth-order valence-corrected chi connectivity index (χ4v) is 3.79. The maximum atomic E-state index is 12.9. The van der Waals surface area contributed by atoms with Gasteiger partial charge in [0.2, 0.25) is 5.91 Å². The van der Waals surface area contributed by atoms with E-state index in [0.29, 0.717) is 23.0 Å². The second kappa shape index (κ2) is 8.27. The monoisotopic (exact) mass is 412 g/mol. The number of nitrogens with one attached hydrogen (secondary N) is 2. The molecule has 0 spiro atoms. The largest absolute Gasteiger partial charge is 0.495 e. The summed E-state index contributed by atoms with van der Waals surface area (Å²) in [6, 6.07) is 12.9. The highest BCUT2D eigenvalue weighted by atomic mass is 32.2. The van der Waals surface area contributed by atoms with Crippen molar-refractivity contribution in [2.45, 2.75) is 18.7 Å². The maximum absolute atomic E-state index is 12.9. The lowest BCUT2D eigenvalue weighted by Crippen LogP contribution is -2.14. The molecule has 1 aromatic heterocycles. The van der Waals surface area contributed by atoms with Crippen molar-refractivity contribution >= 4 is 27.3 Å². The molecule has 9 heteroatoms.